The predicted molar refractivity (Wildman–Crippen MR) is 86.1 cm³/mol. The Labute approximate surface area is 131 Å². The molecular weight excluding hydrogens is 296 g/mol. The molecule has 0 radical (unpaired) electrons. The highest BCUT2D eigenvalue weighted by Gasteiger charge is 2.08. The van der Waals surface area contributed by atoms with Crippen LogP contribution >= 0.6 is 0 Å². The van der Waals surface area contributed by atoms with E-state index in [1.54, 1.807) is 44.4 Å². The van der Waals surface area contributed by atoms with Crippen molar-refractivity contribution in [2.75, 3.05) is 7.11 Å². The molecular formula is C17H14N2O4. The number of hydrogen-bond donors (Lipinski definition) is 1. The predicted octanol–water partition coefficient (Wildman–Crippen LogP) is 4.23. The normalized spacial score (nSPS) is 11.2. The Balaban J connectivity index is 2.00. The number of aromatic hydroxyl groups is 1. The molecule has 0 aliphatic rings. The quantitative estimate of drug-likeness (QED) is 0.579. The van der Waals surface area contributed by atoms with Gasteiger partial charge in [-0.3, -0.25) is 0 Å². The van der Waals surface area contributed by atoms with E-state index in [-0.39, 0.29) is 5.75 Å². The van der Waals surface area contributed by atoms with Crippen LogP contribution in [0.2, 0.25) is 0 Å². The number of rotatable bonds is 3. The number of ether oxygens (including phenoxy) is 1. The number of methoxy groups -OCH3 is 1. The van der Waals surface area contributed by atoms with Crippen molar-refractivity contribution in [2.45, 2.75) is 6.92 Å². The van der Waals surface area contributed by atoms with Crippen molar-refractivity contribution >= 4 is 22.3 Å². The fourth-order valence-electron chi connectivity index (χ4n) is 2.18. The third kappa shape index (κ3) is 3.06. The first-order chi connectivity index (χ1) is 11.1. The molecule has 0 amide bonds. The van der Waals surface area contributed by atoms with Crippen LogP contribution < -0.4 is 10.4 Å². The van der Waals surface area contributed by atoms with Gasteiger partial charge in [-0.25, -0.2) is 4.79 Å². The average molecular weight is 310 g/mol. The van der Waals surface area contributed by atoms with E-state index >= 15 is 0 Å². The molecule has 2 aromatic carbocycles. The molecule has 1 heterocycles. The largest absolute Gasteiger partial charge is 0.505 e. The van der Waals surface area contributed by atoms with Crippen LogP contribution in [0.15, 0.2) is 61.9 Å². The Bertz CT molecular complexity index is 943. The summed E-state index contributed by atoms with van der Waals surface area (Å²) in [7, 11) is 1.59. The van der Waals surface area contributed by atoms with Crippen LogP contribution in [0, 0.1) is 6.92 Å². The highest BCUT2D eigenvalue weighted by Crippen LogP contribution is 2.33. The van der Waals surface area contributed by atoms with E-state index in [9.17, 15) is 9.90 Å². The monoisotopic (exact) mass is 310 g/mol. The highest BCUT2D eigenvalue weighted by atomic mass is 16.5. The van der Waals surface area contributed by atoms with Crippen LogP contribution in [-0.4, -0.2) is 12.2 Å². The molecule has 0 unspecified atom stereocenters. The molecule has 6 nitrogen and oxygen atoms in total. The standard InChI is InChI=1S/C17H14N2O4/c1-10-7-17(21)23-16-9-15(20)14(8-13(10)16)19-18-11-3-5-12(22-2)6-4-11/h3-9,20H,1-2H3. The molecule has 3 aromatic rings. The molecule has 0 atom stereocenters. The van der Waals surface area contributed by atoms with Crippen molar-refractivity contribution < 1.29 is 14.3 Å². The molecule has 1 N–H and O–H groups in total. The summed E-state index contributed by atoms with van der Waals surface area (Å²) in [4.78, 5) is 11.4. The minimum atomic E-state index is -0.456. The molecule has 3 rings (SSSR count). The zero-order valence-corrected chi connectivity index (χ0v) is 12.6. The highest BCUT2D eigenvalue weighted by molar-refractivity contribution is 5.85. The lowest BCUT2D eigenvalue weighted by Crippen LogP contribution is -1.97. The molecule has 0 aliphatic carbocycles. The summed E-state index contributed by atoms with van der Waals surface area (Å²) >= 11 is 0. The number of aryl methyl sites for hydroxylation is 1. The molecule has 6 heteroatoms. The van der Waals surface area contributed by atoms with Crippen molar-refractivity contribution in [1.29, 1.82) is 0 Å². The Kier molecular flexibility index (Phi) is 3.80. The zero-order valence-electron chi connectivity index (χ0n) is 12.6. The summed E-state index contributed by atoms with van der Waals surface area (Å²) in [5.41, 5.74) is 1.53. The number of phenols is 1. The van der Waals surface area contributed by atoms with Gasteiger partial charge in [-0.1, -0.05) is 0 Å². The van der Waals surface area contributed by atoms with Crippen molar-refractivity contribution in [3.05, 3.63) is 58.4 Å². The SMILES string of the molecule is COc1ccc(N=Nc2cc3c(C)cc(=O)oc3cc2O)cc1. The lowest BCUT2D eigenvalue weighted by atomic mass is 10.1. The Morgan fingerprint density at radius 3 is 2.52 bits per heavy atom. The van der Waals surface area contributed by atoms with E-state index < -0.39 is 5.63 Å². The third-order valence-corrected chi connectivity index (χ3v) is 3.39. The van der Waals surface area contributed by atoms with Crippen LogP contribution in [0.1, 0.15) is 5.56 Å². The molecule has 116 valence electrons. The minimum absolute atomic E-state index is 0.108. The molecule has 0 fully saturated rings. The van der Waals surface area contributed by atoms with E-state index in [1.165, 1.54) is 12.1 Å². The Hall–Kier alpha value is -3.15. The molecule has 0 spiro atoms. The number of nitrogens with zero attached hydrogens (tertiary/aromatic N) is 2. The van der Waals surface area contributed by atoms with Gasteiger partial charge in [-0.05, 0) is 42.8 Å². The summed E-state index contributed by atoms with van der Waals surface area (Å²) in [6.45, 7) is 1.79. The Morgan fingerprint density at radius 2 is 1.83 bits per heavy atom. The number of azo groups is 1. The third-order valence-electron chi connectivity index (χ3n) is 3.39. The first-order valence-corrected chi connectivity index (χ1v) is 6.90. The maximum absolute atomic E-state index is 11.4. The fraction of sp³-hybridized carbons (Fsp3) is 0.118. The first kappa shape index (κ1) is 14.8. The van der Waals surface area contributed by atoms with Gasteiger partial charge in [-0.2, -0.15) is 5.11 Å². The molecule has 0 saturated carbocycles. The smallest absolute Gasteiger partial charge is 0.336 e. The van der Waals surface area contributed by atoms with Crippen molar-refractivity contribution in [2.24, 2.45) is 10.2 Å². The van der Waals surface area contributed by atoms with Crippen LogP contribution in [0.25, 0.3) is 11.0 Å². The molecule has 0 aliphatic heterocycles. The molecule has 1 aromatic heterocycles. The van der Waals surface area contributed by atoms with Crippen LogP contribution in [0.5, 0.6) is 11.5 Å². The average Bonchev–Trinajstić information content (AvgIpc) is 2.53. The second-order valence-electron chi connectivity index (χ2n) is 4.98. The topological polar surface area (TPSA) is 84.4 Å². The minimum Gasteiger partial charge on any atom is -0.505 e. The van der Waals surface area contributed by atoms with E-state index in [0.717, 1.165) is 11.3 Å². The second-order valence-corrected chi connectivity index (χ2v) is 4.98. The molecule has 0 bridgehead atoms. The fourth-order valence-corrected chi connectivity index (χ4v) is 2.18. The zero-order chi connectivity index (χ0) is 16.4. The van der Waals surface area contributed by atoms with E-state index in [4.69, 9.17) is 9.15 Å². The summed E-state index contributed by atoms with van der Waals surface area (Å²) in [6.07, 6.45) is 0. The summed E-state index contributed by atoms with van der Waals surface area (Å²) < 4.78 is 10.1. The van der Waals surface area contributed by atoms with Crippen LogP contribution in [0.3, 0.4) is 0 Å². The van der Waals surface area contributed by atoms with Crippen molar-refractivity contribution in [3.8, 4) is 11.5 Å². The first-order valence-electron chi connectivity index (χ1n) is 6.90. The number of phenolic OH excluding ortho intramolecular Hbond substituents is 1. The van der Waals surface area contributed by atoms with E-state index in [2.05, 4.69) is 10.2 Å². The summed E-state index contributed by atoms with van der Waals surface area (Å²) in [5.74, 6) is 0.617. The van der Waals surface area contributed by atoms with E-state index in [1.807, 2.05) is 0 Å². The maximum Gasteiger partial charge on any atom is 0.336 e. The molecule has 0 saturated heterocycles. The second kappa shape index (κ2) is 5.92. The molecule has 23 heavy (non-hydrogen) atoms. The van der Waals surface area contributed by atoms with Gasteiger partial charge in [0.05, 0.1) is 12.8 Å². The summed E-state index contributed by atoms with van der Waals surface area (Å²) in [6, 6.07) is 11.4. The van der Waals surface area contributed by atoms with Crippen molar-refractivity contribution in [3.63, 3.8) is 0 Å². The lowest BCUT2D eigenvalue weighted by molar-refractivity contribution is 0.415. The van der Waals surface area contributed by atoms with E-state index in [0.29, 0.717) is 22.3 Å². The lowest BCUT2D eigenvalue weighted by Gasteiger charge is -2.03. The van der Waals surface area contributed by atoms with Gasteiger partial charge in [0, 0.05) is 17.5 Å². The van der Waals surface area contributed by atoms with Gasteiger partial charge < -0.3 is 14.3 Å². The van der Waals surface area contributed by atoms with Gasteiger partial charge in [0.15, 0.2) is 0 Å². The van der Waals surface area contributed by atoms with Gasteiger partial charge >= 0.3 is 5.63 Å². The number of hydrogen-bond acceptors (Lipinski definition) is 6. The van der Waals surface area contributed by atoms with Gasteiger partial charge in [0.2, 0.25) is 0 Å². The van der Waals surface area contributed by atoms with Gasteiger partial charge in [0.25, 0.3) is 0 Å². The van der Waals surface area contributed by atoms with Crippen molar-refractivity contribution in [1.82, 2.24) is 0 Å². The Morgan fingerprint density at radius 1 is 1.09 bits per heavy atom. The number of benzene rings is 2. The van der Waals surface area contributed by atoms with Gasteiger partial charge in [-0.15, -0.1) is 5.11 Å². The number of fused-ring (bicyclic) bond motifs is 1. The van der Waals surface area contributed by atoms with Crippen LogP contribution in [0.4, 0.5) is 11.4 Å². The van der Waals surface area contributed by atoms with Crippen LogP contribution in [-0.2, 0) is 0 Å². The summed E-state index contributed by atoms with van der Waals surface area (Å²) in [5, 5.41) is 18.9. The maximum atomic E-state index is 11.4. The van der Waals surface area contributed by atoms with Gasteiger partial charge in [0.1, 0.15) is 22.8 Å².